The normalized spacial score (nSPS) is 9.11. The van der Waals surface area contributed by atoms with Gasteiger partial charge in [-0.25, -0.2) is 4.79 Å². The number of urea groups is 1. The molecule has 1 aromatic carbocycles. The molecule has 0 atom stereocenters. The lowest BCUT2D eigenvalue weighted by atomic mass is 10.1. The van der Waals surface area contributed by atoms with Crippen molar-refractivity contribution >= 4 is 11.9 Å². The van der Waals surface area contributed by atoms with Crippen LogP contribution in [0.2, 0.25) is 0 Å². The highest BCUT2D eigenvalue weighted by Crippen LogP contribution is 2.02. The maximum Gasteiger partial charge on any atom is 0.312 e. The first-order chi connectivity index (χ1) is 9.13. The fourth-order valence-electron chi connectivity index (χ4n) is 1.32. The maximum absolute atomic E-state index is 11.7. The molecule has 19 heavy (non-hydrogen) atoms. The third-order valence-corrected chi connectivity index (χ3v) is 2.19. The summed E-state index contributed by atoms with van der Waals surface area (Å²) in [6, 6.07) is 6.24. The van der Waals surface area contributed by atoms with E-state index in [1.54, 1.807) is 24.3 Å². The minimum absolute atomic E-state index is 0.218. The number of hydrogen-bond acceptors (Lipinski definition) is 3. The fraction of sp³-hybridized carbons (Fsp3) is 0.231. The highest BCUT2D eigenvalue weighted by molar-refractivity contribution is 5.94. The SMILES string of the molecule is NCC#Cc1ccc(C(=O)NCCNC(N)=O)cc1. The highest BCUT2D eigenvalue weighted by Gasteiger charge is 2.03. The number of rotatable bonds is 4. The largest absolute Gasteiger partial charge is 0.352 e. The van der Waals surface area contributed by atoms with E-state index in [0.29, 0.717) is 25.2 Å². The van der Waals surface area contributed by atoms with Gasteiger partial charge in [0.05, 0.1) is 6.54 Å². The van der Waals surface area contributed by atoms with Gasteiger partial charge >= 0.3 is 6.03 Å². The van der Waals surface area contributed by atoms with Crippen molar-refractivity contribution in [3.05, 3.63) is 35.4 Å². The number of benzene rings is 1. The average molecular weight is 260 g/mol. The number of amides is 3. The summed E-state index contributed by atoms with van der Waals surface area (Å²) >= 11 is 0. The van der Waals surface area contributed by atoms with Crippen LogP contribution in [0.25, 0.3) is 0 Å². The molecule has 0 fully saturated rings. The van der Waals surface area contributed by atoms with E-state index in [-0.39, 0.29) is 5.91 Å². The second-order valence-corrected chi connectivity index (χ2v) is 3.63. The minimum atomic E-state index is -0.614. The average Bonchev–Trinajstić information content (AvgIpc) is 2.41. The van der Waals surface area contributed by atoms with Crippen molar-refractivity contribution in [2.24, 2.45) is 11.5 Å². The molecule has 0 heterocycles. The van der Waals surface area contributed by atoms with E-state index in [1.165, 1.54) is 0 Å². The van der Waals surface area contributed by atoms with Crippen molar-refractivity contribution in [2.45, 2.75) is 0 Å². The van der Waals surface area contributed by atoms with Gasteiger partial charge in [0.2, 0.25) is 0 Å². The summed E-state index contributed by atoms with van der Waals surface area (Å²) in [5.41, 5.74) is 11.5. The van der Waals surface area contributed by atoms with Crippen LogP contribution in [-0.2, 0) is 0 Å². The van der Waals surface area contributed by atoms with Gasteiger partial charge in [-0.3, -0.25) is 4.79 Å². The van der Waals surface area contributed by atoms with Crippen molar-refractivity contribution in [1.29, 1.82) is 0 Å². The fourth-order valence-corrected chi connectivity index (χ4v) is 1.32. The summed E-state index contributed by atoms with van der Waals surface area (Å²) in [6.45, 7) is 0.909. The summed E-state index contributed by atoms with van der Waals surface area (Å²) in [5, 5.41) is 5.03. The van der Waals surface area contributed by atoms with Gasteiger partial charge in [0, 0.05) is 24.2 Å². The summed E-state index contributed by atoms with van der Waals surface area (Å²) in [5.74, 6) is 5.38. The number of hydrogen-bond donors (Lipinski definition) is 4. The molecule has 0 aliphatic heterocycles. The van der Waals surface area contributed by atoms with Crippen LogP contribution in [0.3, 0.4) is 0 Å². The predicted octanol–water partition coefficient (Wildman–Crippen LogP) is -0.605. The number of nitrogens with two attached hydrogens (primary N) is 2. The minimum Gasteiger partial charge on any atom is -0.352 e. The Labute approximate surface area is 111 Å². The molecule has 6 N–H and O–H groups in total. The van der Waals surface area contributed by atoms with Crippen molar-refractivity contribution in [3.63, 3.8) is 0 Å². The molecule has 1 rings (SSSR count). The Morgan fingerprint density at radius 1 is 1.11 bits per heavy atom. The topological polar surface area (TPSA) is 110 Å². The van der Waals surface area contributed by atoms with Crippen LogP contribution >= 0.6 is 0 Å². The van der Waals surface area contributed by atoms with E-state index >= 15 is 0 Å². The smallest absolute Gasteiger partial charge is 0.312 e. The number of primary amides is 1. The number of nitrogens with one attached hydrogen (secondary N) is 2. The first-order valence-corrected chi connectivity index (χ1v) is 5.74. The predicted molar refractivity (Wildman–Crippen MR) is 72.3 cm³/mol. The lowest BCUT2D eigenvalue weighted by Gasteiger charge is -2.05. The van der Waals surface area contributed by atoms with Crippen LogP contribution in [0.15, 0.2) is 24.3 Å². The Balaban J connectivity index is 2.46. The van der Waals surface area contributed by atoms with Crippen LogP contribution in [0, 0.1) is 11.8 Å². The Hall–Kier alpha value is -2.52. The maximum atomic E-state index is 11.7. The lowest BCUT2D eigenvalue weighted by molar-refractivity contribution is 0.0954. The zero-order valence-electron chi connectivity index (χ0n) is 10.4. The lowest BCUT2D eigenvalue weighted by Crippen LogP contribution is -2.37. The zero-order valence-corrected chi connectivity index (χ0v) is 10.4. The van der Waals surface area contributed by atoms with Crippen LogP contribution < -0.4 is 22.1 Å². The van der Waals surface area contributed by atoms with Gasteiger partial charge in [-0.2, -0.15) is 0 Å². The van der Waals surface area contributed by atoms with E-state index in [4.69, 9.17) is 11.5 Å². The molecule has 0 unspecified atom stereocenters. The molecule has 0 spiro atoms. The van der Waals surface area contributed by atoms with Crippen molar-refractivity contribution in [2.75, 3.05) is 19.6 Å². The summed E-state index contributed by atoms with van der Waals surface area (Å²) in [6.07, 6.45) is 0. The Morgan fingerprint density at radius 2 is 1.74 bits per heavy atom. The molecule has 100 valence electrons. The van der Waals surface area contributed by atoms with Gasteiger partial charge in [-0.15, -0.1) is 0 Å². The third kappa shape index (κ3) is 5.57. The highest BCUT2D eigenvalue weighted by atomic mass is 16.2. The van der Waals surface area contributed by atoms with Crippen LogP contribution in [-0.4, -0.2) is 31.6 Å². The second-order valence-electron chi connectivity index (χ2n) is 3.63. The molecule has 0 saturated heterocycles. The molecule has 0 saturated carbocycles. The molecule has 6 nitrogen and oxygen atoms in total. The van der Waals surface area contributed by atoms with Crippen LogP contribution in [0.4, 0.5) is 4.79 Å². The Bertz CT molecular complexity index is 500. The Kier molecular flexibility index (Phi) is 5.92. The summed E-state index contributed by atoms with van der Waals surface area (Å²) in [7, 11) is 0. The molecule has 0 aliphatic rings. The summed E-state index contributed by atoms with van der Waals surface area (Å²) in [4.78, 5) is 22.1. The van der Waals surface area contributed by atoms with Crippen LogP contribution in [0.5, 0.6) is 0 Å². The van der Waals surface area contributed by atoms with Gasteiger partial charge in [-0.1, -0.05) is 11.8 Å². The zero-order chi connectivity index (χ0) is 14.1. The van der Waals surface area contributed by atoms with Crippen molar-refractivity contribution in [1.82, 2.24) is 10.6 Å². The van der Waals surface area contributed by atoms with Crippen LogP contribution in [0.1, 0.15) is 15.9 Å². The monoisotopic (exact) mass is 260 g/mol. The Morgan fingerprint density at radius 3 is 2.32 bits per heavy atom. The van der Waals surface area contributed by atoms with E-state index in [9.17, 15) is 9.59 Å². The van der Waals surface area contributed by atoms with E-state index in [0.717, 1.165) is 5.56 Å². The molecule has 0 aromatic heterocycles. The van der Waals surface area contributed by atoms with E-state index < -0.39 is 6.03 Å². The molecule has 3 amide bonds. The standard InChI is InChI=1S/C13H16N4O2/c14-7-1-2-10-3-5-11(6-4-10)12(18)16-8-9-17-13(15)19/h3-6H,7-9,14H2,(H,16,18)(H3,15,17,19). The molecule has 1 aromatic rings. The number of carbonyl (C=O) groups excluding carboxylic acids is 2. The molecule has 0 aliphatic carbocycles. The van der Waals surface area contributed by atoms with Gasteiger partial charge in [-0.05, 0) is 24.3 Å². The van der Waals surface area contributed by atoms with Crippen molar-refractivity contribution in [3.8, 4) is 11.8 Å². The molecular formula is C13H16N4O2. The van der Waals surface area contributed by atoms with Crippen molar-refractivity contribution < 1.29 is 9.59 Å². The molecule has 6 heteroatoms. The third-order valence-electron chi connectivity index (χ3n) is 2.19. The summed E-state index contributed by atoms with van der Waals surface area (Å²) < 4.78 is 0. The second kappa shape index (κ2) is 7.74. The van der Waals surface area contributed by atoms with E-state index in [2.05, 4.69) is 22.5 Å². The molecular weight excluding hydrogens is 244 g/mol. The van der Waals surface area contributed by atoms with Gasteiger partial charge in [0.25, 0.3) is 5.91 Å². The van der Waals surface area contributed by atoms with E-state index in [1.807, 2.05) is 0 Å². The van der Waals surface area contributed by atoms with Gasteiger partial charge in [0.15, 0.2) is 0 Å². The first-order valence-electron chi connectivity index (χ1n) is 5.74. The number of carbonyl (C=O) groups is 2. The molecule has 0 radical (unpaired) electrons. The van der Waals surface area contributed by atoms with Gasteiger partial charge in [0.1, 0.15) is 0 Å². The first kappa shape index (κ1) is 14.5. The van der Waals surface area contributed by atoms with Gasteiger partial charge < -0.3 is 22.1 Å². The molecule has 0 bridgehead atoms. The quantitative estimate of drug-likeness (QED) is 0.428.